The summed E-state index contributed by atoms with van der Waals surface area (Å²) in [6.07, 6.45) is 2.38. The summed E-state index contributed by atoms with van der Waals surface area (Å²) in [4.78, 5) is 29.1. The number of carbonyl (C=O) groups is 1. The Bertz CT molecular complexity index is 1220. The molecule has 1 heterocycles. The van der Waals surface area contributed by atoms with Gasteiger partial charge in [0, 0.05) is 17.8 Å². The van der Waals surface area contributed by atoms with E-state index in [1.54, 1.807) is 12.1 Å². The first-order chi connectivity index (χ1) is 13.1. The van der Waals surface area contributed by atoms with Gasteiger partial charge in [-0.3, -0.25) is 14.2 Å². The summed E-state index contributed by atoms with van der Waals surface area (Å²) < 4.78 is 24.1. The summed E-state index contributed by atoms with van der Waals surface area (Å²) in [7, 11) is -3.27. The maximum atomic E-state index is 12.5. The Morgan fingerprint density at radius 2 is 1.86 bits per heavy atom. The van der Waals surface area contributed by atoms with Crippen LogP contribution in [-0.4, -0.2) is 30.1 Å². The number of fused-ring (bicyclic) bond motifs is 1. The maximum Gasteiger partial charge on any atom is 0.261 e. The number of amides is 1. The Morgan fingerprint density at radius 1 is 1.18 bits per heavy atom. The number of hydrogen-bond donors (Lipinski definition) is 1. The molecule has 146 valence electrons. The van der Waals surface area contributed by atoms with Crippen molar-refractivity contribution >= 4 is 49.8 Å². The Morgan fingerprint density at radius 3 is 2.50 bits per heavy atom. The molecule has 2 aromatic carbocycles. The fourth-order valence-electron chi connectivity index (χ4n) is 2.57. The highest BCUT2D eigenvalue weighted by Gasteiger charge is 2.12. The molecule has 0 atom stereocenters. The molecule has 0 saturated heterocycles. The molecule has 0 radical (unpaired) electrons. The van der Waals surface area contributed by atoms with E-state index in [2.05, 4.69) is 10.3 Å². The Kier molecular flexibility index (Phi) is 5.74. The van der Waals surface area contributed by atoms with Crippen molar-refractivity contribution in [2.75, 3.05) is 6.26 Å². The third-order valence-corrected chi connectivity index (χ3v) is 5.64. The minimum absolute atomic E-state index is 0.191. The lowest BCUT2D eigenvalue weighted by atomic mass is 10.2. The second-order valence-corrected chi connectivity index (χ2v) is 9.01. The Hall–Kier alpha value is -2.42. The van der Waals surface area contributed by atoms with E-state index < -0.39 is 21.3 Å². The van der Waals surface area contributed by atoms with Crippen molar-refractivity contribution in [3.63, 3.8) is 0 Å². The molecule has 0 aliphatic rings. The Balaban J connectivity index is 1.71. The van der Waals surface area contributed by atoms with Crippen molar-refractivity contribution in [2.45, 2.75) is 18.0 Å². The van der Waals surface area contributed by atoms with Crippen LogP contribution in [-0.2, 0) is 27.7 Å². The molecule has 0 aliphatic heterocycles. The van der Waals surface area contributed by atoms with Crippen molar-refractivity contribution in [3.05, 3.63) is 68.7 Å². The molecule has 0 unspecified atom stereocenters. The third-order valence-electron chi connectivity index (χ3n) is 4.00. The predicted octanol–water partition coefficient (Wildman–Crippen LogP) is 2.42. The van der Waals surface area contributed by atoms with Gasteiger partial charge in [0.2, 0.25) is 5.91 Å². The van der Waals surface area contributed by atoms with E-state index >= 15 is 0 Å². The van der Waals surface area contributed by atoms with Crippen LogP contribution in [0.2, 0.25) is 10.0 Å². The fourth-order valence-corrected chi connectivity index (χ4v) is 3.75. The average molecular weight is 440 g/mol. The Labute approximate surface area is 170 Å². The lowest BCUT2D eigenvalue weighted by molar-refractivity contribution is -0.121. The van der Waals surface area contributed by atoms with Crippen molar-refractivity contribution in [1.82, 2.24) is 14.9 Å². The van der Waals surface area contributed by atoms with E-state index in [0.717, 1.165) is 16.4 Å². The number of nitrogens with zero attached hydrogens (tertiary/aromatic N) is 2. The minimum atomic E-state index is -3.27. The van der Waals surface area contributed by atoms with Crippen LogP contribution < -0.4 is 10.9 Å². The van der Waals surface area contributed by atoms with E-state index in [4.69, 9.17) is 23.2 Å². The first-order valence-corrected chi connectivity index (χ1v) is 10.7. The lowest BCUT2D eigenvalue weighted by Crippen LogP contribution is -2.32. The second-order valence-electron chi connectivity index (χ2n) is 6.15. The molecule has 0 saturated carbocycles. The number of carbonyl (C=O) groups excluding carboxylic acids is 1. The molecule has 0 aliphatic carbocycles. The number of aromatic nitrogens is 2. The summed E-state index contributed by atoms with van der Waals surface area (Å²) in [5, 5.41) is 3.46. The number of sulfone groups is 1. The zero-order chi connectivity index (χ0) is 20.5. The zero-order valence-corrected chi connectivity index (χ0v) is 17.0. The van der Waals surface area contributed by atoms with Gasteiger partial charge in [0.25, 0.3) is 5.56 Å². The summed E-state index contributed by atoms with van der Waals surface area (Å²) in [6.45, 7) is -0.0381. The standard InChI is InChI=1S/C18H15Cl2N3O4S/c1-28(26,27)13-4-2-11(3-5-13)8-21-16(24)9-23-10-22-17-14(18(23)25)6-12(19)7-15(17)20/h2-7,10H,8-9H2,1H3,(H,21,24). The number of rotatable bonds is 5. The van der Waals surface area contributed by atoms with Crippen molar-refractivity contribution in [2.24, 2.45) is 0 Å². The van der Waals surface area contributed by atoms with E-state index in [1.807, 2.05) is 0 Å². The van der Waals surface area contributed by atoms with Crippen LogP contribution in [0.4, 0.5) is 0 Å². The number of hydrogen-bond acceptors (Lipinski definition) is 5. The van der Waals surface area contributed by atoms with Crippen LogP contribution >= 0.6 is 23.2 Å². The molecule has 1 amide bonds. The van der Waals surface area contributed by atoms with E-state index in [-0.39, 0.29) is 28.4 Å². The molecular formula is C18H15Cl2N3O4S. The van der Waals surface area contributed by atoms with Gasteiger partial charge in [-0.25, -0.2) is 13.4 Å². The molecule has 3 rings (SSSR count). The van der Waals surface area contributed by atoms with Crippen LogP contribution in [0.25, 0.3) is 10.9 Å². The second kappa shape index (κ2) is 7.90. The third kappa shape index (κ3) is 4.52. The average Bonchev–Trinajstić information content (AvgIpc) is 2.62. The number of halogens is 2. The van der Waals surface area contributed by atoms with Gasteiger partial charge < -0.3 is 5.32 Å². The van der Waals surface area contributed by atoms with Crippen LogP contribution in [0.5, 0.6) is 0 Å². The predicted molar refractivity (Wildman–Crippen MR) is 107 cm³/mol. The van der Waals surface area contributed by atoms with Crippen LogP contribution in [0.15, 0.2) is 52.4 Å². The van der Waals surface area contributed by atoms with Crippen LogP contribution in [0.3, 0.4) is 0 Å². The summed E-state index contributed by atoms with van der Waals surface area (Å²) >= 11 is 12.0. The van der Waals surface area contributed by atoms with Gasteiger partial charge in [-0.1, -0.05) is 35.3 Å². The first-order valence-electron chi connectivity index (χ1n) is 8.05. The zero-order valence-electron chi connectivity index (χ0n) is 14.6. The van der Waals surface area contributed by atoms with Gasteiger partial charge in [0.15, 0.2) is 9.84 Å². The fraction of sp³-hybridized carbons (Fsp3) is 0.167. The minimum Gasteiger partial charge on any atom is -0.350 e. The topological polar surface area (TPSA) is 98.1 Å². The molecule has 7 nitrogen and oxygen atoms in total. The molecule has 0 bridgehead atoms. The van der Waals surface area contributed by atoms with Crippen molar-refractivity contribution in [1.29, 1.82) is 0 Å². The number of benzene rings is 2. The summed E-state index contributed by atoms with van der Waals surface area (Å²) in [6, 6.07) is 9.12. The SMILES string of the molecule is CS(=O)(=O)c1ccc(CNC(=O)Cn2cnc3c(Cl)cc(Cl)cc3c2=O)cc1. The molecule has 0 fully saturated rings. The van der Waals surface area contributed by atoms with Gasteiger partial charge in [-0.05, 0) is 29.8 Å². The smallest absolute Gasteiger partial charge is 0.261 e. The van der Waals surface area contributed by atoms with Crippen molar-refractivity contribution < 1.29 is 13.2 Å². The largest absolute Gasteiger partial charge is 0.350 e. The normalized spacial score (nSPS) is 11.5. The number of nitrogens with one attached hydrogen (secondary N) is 1. The summed E-state index contributed by atoms with van der Waals surface area (Å²) in [5.74, 6) is -0.399. The van der Waals surface area contributed by atoms with E-state index in [1.165, 1.54) is 30.6 Å². The van der Waals surface area contributed by atoms with Gasteiger partial charge in [-0.15, -0.1) is 0 Å². The summed E-state index contributed by atoms with van der Waals surface area (Å²) in [5.41, 5.74) is 0.615. The molecule has 0 spiro atoms. The van der Waals surface area contributed by atoms with Crippen molar-refractivity contribution in [3.8, 4) is 0 Å². The first kappa shape index (κ1) is 20.3. The van der Waals surface area contributed by atoms with Gasteiger partial charge in [-0.2, -0.15) is 0 Å². The maximum absolute atomic E-state index is 12.5. The van der Waals surface area contributed by atoms with E-state index in [9.17, 15) is 18.0 Å². The van der Waals surface area contributed by atoms with Gasteiger partial charge in [0.1, 0.15) is 6.54 Å². The van der Waals surface area contributed by atoms with Gasteiger partial charge in [0.05, 0.1) is 27.1 Å². The quantitative estimate of drug-likeness (QED) is 0.657. The molecule has 1 N–H and O–H groups in total. The molecule has 3 aromatic rings. The lowest BCUT2D eigenvalue weighted by Gasteiger charge is -2.09. The highest BCUT2D eigenvalue weighted by atomic mass is 35.5. The molecule has 1 aromatic heterocycles. The highest BCUT2D eigenvalue weighted by Crippen LogP contribution is 2.23. The molecular weight excluding hydrogens is 425 g/mol. The highest BCUT2D eigenvalue weighted by molar-refractivity contribution is 7.90. The monoisotopic (exact) mass is 439 g/mol. The molecule has 10 heteroatoms. The van der Waals surface area contributed by atoms with Crippen LogP contribution in [0.1, 0.15) is 5.56 Å². The van der Waals surface area contributed by atoms with E-state index in [0.29, 0.717) is 10.5 Å². The molecule has 28 heavy (non-hydrogen) atoms. The van der Waals surface area contributed by atoms with Gasteiger partial charge >= 0.3 is 0 Å². The van der Waals surface area contributed by atoms with Crippen LogP contribution in [0, 0.1) is 0 Å².